The van der Waals surface area contributed by atoms with E-state index in [1.54, 1.807) is 37.3 Å². The normalized spacial score (nSPS) is 12.3. The molecule has 0 fully saturated rings. The van der Waals surface area contributed by atoms with Crippen molar-refractivity contribution in [3.05, 3.63) is 59.7 Å². The minimum absolute atomic E-state index is 0.178. The first-order chi connectivity index (χ1) is 13.2. The molecular weight excluding hydrogens is 387 g/mol. The molecule has 0 saturated heterocycles. The molecule has 2 aromatic rings. The van der Waals surface area contributed by atoms with Crippen molar-refractivity contribution in [2.24, 2.45) is 0 Å². The highest BCUT2D eigenvalue weighted by molar-refractivity contribution is 7.80. The van der Waals surface area contributed by atoms with Gasteiger partial charge in [0.2, 0.25) is 5.91 Å². The first-order valence-electron chi connectivity index (χ1n) is 8.79. The molecule has 28 heavy (non-hydrogen) atoms. The number of para-hydroxylation sites is 2. The summed E-state index contributed by atoms with van der Waals surface area (Å²) in [6.45, 7) is 1.89. The van der Waals surface area contributed by atoms with Gasteiger partial charge in [0.25, 0.3) is 0 Å². The SMILES string of the molecule is CCC(=O)NCC(CC(=S)Nc1ccccc1N)c1cccc(C(F)(F)F)c1. The summed E-state index contributed by atoms with van der Waals surface area (Å²) in [5.74, 6) is -0.592. The van der Waals surface area contributed by atoms with Crippen molar-refractivity contribution < 1.29 is 18.0 Å². The summed E-state index contributed by atoms with van der Waals surface area (Å²) in [4.78, 5) is 12.1. The first-order valence-corrected chi connectivity index (χ1v) is 9.19. The Bertz CT molecular complexity index is 839. The third-order valence-corrected chi connectivity index (χ3v) is 4.49. The number of rotatable bonds is 7. The van der Waals surface area contributed by atoms with Crippen molar-refractivity contribution in [2.75, 3.05) is 17.6 Å². The number of amides is 1. The highest BCUT2D eigenvalue weighted by Crippen LogP contribution is 2.32. The number of anilines is 2. The maximum Gasteiger partial charge on any atom is 0.416 e. The number of hydrogen-bond acceptors (Lipinski definition) is 3. The Kier molecular flexibility index (Phi) is 7.39. The van der Waals surface area contributed by atoms with E-state index < -0.39 is 17.7 Å². The van der Waals surface area contributed by atoms with Gasteiger partial charge in [-0.25, -0.2) is 0 Å². The largest absolute Gasteiger partial charge is 0.416 e. The van der Waals surface area contributed by atoms with E-state index in [2.05, 4.69) is 10.6 Å². The van der Waals surface area contributed by atoms with Gasteiger partial charge >= 0.3 is 6.18 Å². The average Bonchev–Trinajstić information content (AvgIpc) is 2.66. The van der Waals surface area contributed by atoms with Gasteiger partial charge in [0.05, 0.1) is 21.9 Å². The molecule has 150 valence electrons. The monoisotopic (exact) mass is 409 g/mol. The van der Waals surface area contributed by atoms with Crippen LogP contribution >= 0.6 is 12.2 Å². The molecule has 2 rings (SSSR count). The van der Waals surface area contributed by atoms with E-state index in [0.29, 0.717) is 28.3 Å². The second kappa shape index (κ2) is 9.54. The highest BCUT2D eigenvalue weighted by Gasteiger charge is 2.31. The van der Waals surface area contributed by atoms with E-state index in [1.807, 2.05) is 0 Å². The van der Waals surface area contributed by atoms with Crippen molar-refractivity contribution in [3.63, 3.8) is 0 Å². The third kappa shape index (κ3) is 6.23. The summed E-state index contributed by atoms with van der Waals surface area (Å²) in [5, 5.41) is 5.77. The second-order valence-corrected chi connectivity index (χ2v) is 6.81. The summed E-state index contributed by atoms with van der Waals surface area (Å²) in [5.41, 5.74) is 6.76. The first kappa shape index (κ1) is 21.7. The molecule has 1 atom stereocenters. The van der Waals surface area contributed by atoms with Crippen LogP contribution in [0.2, 0.25) is 0 Å². The smallest absolute Gasteiger partial charge is 0.397 e. The number of halogens is 3. The molecule has 1 unspecified atom stereocenters. The fraction of sp³-hybridized carbons (Fsp3) is 0.300. The number of alkyl halides is 3. The van der Waals surface area contributed by atoms with Gasteiger partial charge in [-0.15, -0.1) is 0 Å². The number of carbonyl (C=O) groups excluding carboxylic acids is 1. The zero-order chi connectivity index (χ0) is 20.7. The van der Waals surface area contributed by atoms with E-state index in [-0.39, 0.29) is 18.9 Å². The zero-order valence-corrected chi connectivity index (χ0v) is 16.2. The molecule has 0 aliphatic heterocycles. The lowest BCUT2D eigenvalue weighted by atomic mass is 9.93. The van der Waals surface area contributed by atoms with Gasteiger partial charge in [-0.3, -0.25) is 4.79 Å². The Morgan fingerprint density at radius 1 is 1.18 bits per heavy atom. The van der Waals surface area contributed by atoms with Crippen LogP contribution in [0.1, 0.15) is 36.8 Å². The zero-order valence-electron chi connectivity index (χ0n) is 15.3. The van der Waals surface area contributed by atoms with Crippen LogP contribution in [0.3, 0.4) is 0 Å². The van der Waals surface area contributed by atoms with Crippen LogP contribution in [-0.2, 0) is 11.0 Å². The molecular formula is C20H22F3N3OS. The summed E-state index contributed by atoms with van der Waals surface area (Å²) >= 11 is 5.38. The number of carbonyl (C=O) groups is 1. The molecule has 0 aliphatic rings. The molecule has 1 amide bonds. The topological polar surface area (TPSA) is 67.2 Å². The van der Waals surface area contributed by atoms with Gasteiger partial charge in [0.15, 0.2) is 0 Å². The standard InChI is InChI=1S/C20H22F3N3OS/c1-2-18(27)25-12-14(13-6-5-7-15(10-13)20(21,22)23)11-19(28)26-17-9-4-3-8-16(17)24/h3-10,14H,2,11-12,24H2,1H3,(H,25,27)(H,26,28). The van der Waals surface area contributed by atoms with E-state index in [1.165, 1.54) is 6.07 Å². The van der Waals surface area contributed by atoms with Crippen molar-refractivity contribution in [2.45, 2.75) is 31.9 Å². The lowest BCUT2D eigenvalue weighted by Crippen LogP contribution is -2.29. The highest BCUT2D eigenvalue weighted by atomic mass is 32.1. The van der Waals surface area contributed by atoms with E-state index in [4.69, 9.17) is 18.0 Å². The summed E-state index contributed by atoms with van der Waals surface area (Å²) in [6.07, 6.45) is -3.89. The van der Waals surface area contributed by atoms with Gasteiger partial charge in [0, 0.05) is 25.3 Å². The predicted octanol–water partition coefficient (Wildman–Crippen LogP) is 4.73. The van der Waals surface area contributed by atoms with Crippen molar-refractivity contribution in [3.8, 4) is 0 Å². The van der Waals surface area contributed by atoms with E-state index >= 15 is 0 Å². The number of nitrogens with one attached hydrogen (secondary N) is 2. The Morgan fingerprint density at radius 3 is 2.54 bits per heavy atom. The van der Waals surface area contributed by atoms with Crippen LogP contribution < -0.4 is 16.4 Å². The van der Waals surface area contributed by atoms with E-state index in [9.17, 15) is 18.0 Å². The molecule has 4 N–H and O–H groups in total. The second-order valence-electron chi connectivity index (χ2n) is 6.32. The molecule has 2 aromatic carbocycles. The molecule has 0 aromatic heterocycles. The average molecular weight is 409 g/mol. The Labute approximate surface area is 167 Å². The maximum atomic E-state index is 13.1. The summed E-state index contributed by atoms with van der Waals surface area (Å²) < 4.78 is 39.2. The molecule has 0 spiro atoms. The van der Waals surface area contributed by atoms with Gasteiger partial charge in [-0.2, -0.15) is 13.2 Å². The Balaban J connectivity index is 2.20. The minimum Gasteiger partial charge on any atom is -0.397 e. The Hall–Kier alpha value is -2.61. The van der Waals surface area contributed by atoms with Crippen LogP contribution in [0.25, 0.3) is 0 Å². The van der Waals surface area contributed by atoms with Crippen LogP contribution in [0.15, 0.2) is 48.5 Å². The summed E-state index contributed by atoms with van der Waals surface area (Å²) in [7, 11) is 0. The van der Waals surface area contributed by atoms with Crippen LogP contribution in [0.5, 0.6) is 0 Å². The molecule has 0 aliphatic carbocycles. The lowest BCUT2D eigenvalue weighted by molar-refractivity contribution is -0.137. The van der Waals surface area contributed by atoms with Gasteiger partial charge in [0.1, 0.15) is 0 Å². The fourth-order valence-corrected chi connectivity index (χ4v) is 2.99. The number of thiocarbonyl (C=S) groups is 1. The quantitative estimate of drug-likeness (QED) is 0.457. The van der Waals surface area contributed by atoms with Crippen molar-refractivity contribution in [1.29, 1.82) is 0 Å². The van der Waals surface area contributed by atoms with Crippen molar-refractivity contribution in [1.82, 2.24) is 5.32 Å². The molecule has 4 nitrogen and oxygen atoms in total. The number of benzene rings is 2. The molecule has 0 saturated carbocycles. The molecule has 0 bridgehead atoms. The maximum absolute atomic E-state index is 13.1. The van der Waals surface area contributed by atoms with Crippen LogP contribution in [-0.4, -0.2) is 17.4 Å². The molecule has 0 heterocycles. The minimum atomic E-state index is -4.44. The molecule has 0 radical (unpaired) electrons. The van der Waals surface area contributed by atoms with Gasteiger partial charge in [-0.05, 0) is 23.8 Å². The van der Waals surface area contributed by atoms with Gasteiger partial charge in [-0.1, -0.05) is 49.5 Å². The van der Waals surface area contributed by atoms with Gasteiger partial charge < -0.3 is 16.4 Å². The number of nitrogen functional groups attached to an aromatic ring is 1. The predicted molar refractivity (Wildman–Crippen MR) is 109 cm³/mol. The van der Waals surface area contributed by atoms with E-state index in [0.717, 1.165) is 12.1 Å². The van der Waals surface area contributed by atoms with Crippen molar-refractivity contribution >= 4 is 34.5 Å². The van der Waals surface area contributed by atoms with Crippen LogP contribution in [0, 0.1) is 0 Å². The number of hydrogen-bond donors (Lipinski definition) is 3. The summed E-state index contributed by atoms with van der Waals surface area (Å²) in [6, 6.07) is 12.2. The fourth-order valence-electron chi connectivity index (χ4n) is 2.67. The molecule has 8 heteroatoms. The third-order valence-electron chi connectivity index (χ3n) is 4.22. The Morgan fingerprint density at radius 2 is 1.89 bits per heavy atom. The lowest BCUT2D eigenvalue weighted by Gasteiger charge is -2.21. The van der Waals surface area contributed by atoms with Crippen LogP contribution in [0.4, 0.5) is 24.5 Å². The number of nitrogens with two attached hydrogens (primary N) is 1.